The number of nitrogens with zero attached hydrogens (tertiary/aromatic N) is 1. The minimum absolute atomic E-state index is 0.665. The van der Waals surface area contributed by atoms with Crippen molar-refractivity contribution in [2.45, 2.75) is 20.0 Å². The number of benzene rings is 3. The van der Waals surface area contributed by atoms with Crippen LogP contribution in [0.4, 0.5) is 5.69 Å². The molecule has 3 aromatic carbocycles. The average molecular weight is 386 g/mol. The molecule has 0 aliphatic heterocycles. The van der Waals surface area contributed by atoms with E-state index in [0.29, 0.717) is 6.61 Å². The van der Waals surface area contributed by atoms with Crippen LogP contribution in [0.1, 0.15) is 18.1 Å². The first-order chi connectivity index (χ1) is 12.6. The van der Waals surface area contributed by atoms with Gasteiger partial charge >= 0.3 is 0 Å². The summed E-state index contributed by atoms with van der Waals surface area (Å²) in [5, 5.41) is 1.50. The molecule has 4 heteroatoms. The van der Waals surface area contributed by atoms with Crippen molar-refractivity contribution in [3.8, 4) is 5.75 Å². The molecular weight excluding hydrogens is 365 g/mol. The molecule has 0 bridgehead atoms. The molecule has 0 fully saturated rings. The lowest BCUT2D eigenvalue weighted by Crippen LogP contribution is -2.22. The van der Waals surface area contributed by atoms with Gasteiger partial charge < -0.3 is 9.64 Å². The summed E-state index contributed by atoms with van der Waals surface area (Å²) in [7, 11) is 0. The van der Waals surface area contributed by atoms with Crippen molar-refractivity contribution < 1.29 is 4.74 Å². The summed E-state index contributed by atoms with van der Waals surface area (Å²) in [6, 6.07) is 24.2. The third-order valence-electron chi connectivity index (χ3n) is 4.09. The van der Waals surface area contributed by atoms with Crippen LogP contribution in [0.3, 0.4) is 0 Å². The van der Waals surface area contributed by atoms with Crippen molar-refractivity contribution in [3.63, 3.8) is 0 Å². The molecule has 0 saturated heterocycles. The highest BCUT2D eigenvalue weighted by Crippen LogP contribution is 2.24. The quantitative estimate of drug-likeness (QED) is 0.454. The average Bonchev–Trinajstić information content (AvgIpc) is 2.66. The Morgan fingerprint density at radius 3 is 1.58 bits per heavy atom. The van der Waals surface area contributed by atoms with Crippen molar-refractivity contribution in [2.75, 3.05) is 11.5 Å². The second-order valence-electron chi connectivity index (χ2n) is 6.04. The smallest absolute Gasteiger partial charge is 0.119 e. The molecule has 3 rings (SSSR count). The van der Waals surface area contributed by atoms with E-state index in [-0.39, 0.29) is 0 Å². The summed E-state index contributed by atoms with van der Waals surface area (Å²) < 4.78 is 5.56. The lowest BCUT2D eigenvalue weighted by Gasteiger charge is -2.25. The van der Waals surface area contributed by atoms with Crippen molar-refractivity contribution in [1.29, 1.82) is 0 Å². The van der Waals surface area contributed by atoms with E-state index in [2.05, 4.69) is 41.3 Å². The maximum atomic E-state index is 6.02. The number of hydrogen-bond acceptors (Lipinski definition) is 2. The van der Waals surface area contributed by atoms with Gasteiger partial charge in [0.1, 0.15) is 5.75 Å². The highest BCUT2D eigenvalue weighted by molar-refractivity contribution is 6.30. The first kappa shape index (κ1) is 18.6. The second kappa shape index (κ2) is 8.98. The Kier molecular flexibility index (Phi) is 6.43. The van der Waals surface area contributed by atoms with Crippen LogP contribution in [0.25, 0.3) is 0 Å². The van der Waals surface area contributed by atoms with E-state index in [1.807, 2.05) is 43.3 Å². The SMILES string of the molecule is CCOc1ccc(N(Cc2ccc(Cl)cc2)Cc2ccc(Cl)cc2)cc1. The highest BCUT2D eigenvalue weighted by atomic mass is 35.5. The van der Waals surface area contributed by atoms with Gasteiger partial charge in [-0.25, -0.2) is 0 Å². The van der Waals surface area contributed by atoms with Gasteiger partial charge in [-0.05, 0) is 66.6 Å². The molecular formula is C22H21Cl2NO. The van der Waals surface area contributed by atoms with Gasteiger partial charge in [-0.15, -0.1) is 0 Å². The highest BCUT2D eigenvalue weighted by Gasteiger charge is 2.09. The Bertz CT molecular complexity index is 767. The molecule has 0 aliphatic carbocycles. The van der Waals surface area contributed by atoms with Gasteiger partial charge in [0, 0.05) is 28.8 Å². The molecule has 0 saturated carbocycles. The standard InChI is InChI=1S/C22H21Cl2NO/c1-2-26-22-13-11-21(12-14-22)25(15-17-3-7-19(23)8-4-17)16-18-5-9-20(24)10-6-18/h3-14H,2,15-16H2,1H3. The minimum Gasteiger partial charge on any atom is -0.494 e. The van der Waals surface area contributed by atoms with Crippen LogP contribution in [-0.2, 0) is 13.1 Å². The van der Waals surface area contributed by atoms with E-state index in [9.17, 15) is 0 Å². The van der Waals surface area contributed by atoms with Crippen molar-refractivity contribution in [3.05, 3.63) is 94.0 Å². The Hall–Kier alpha value is -2.16. The van der Waals surface area contributed by atoms with Crippen LogP contribution < -0.4 is 9.64 Å². The van der Waals surface area contributed by atoms with Crippen LogP contribution in [0.15, 0.2) is 72.8 Å². The van der Waals surface area contributed by atoms with Crippen LogP contribution in [0.2, 0.25) is 10.0 Å². The lowest BCUT2D eigenvalue weighted by atomic mass is 10.1. The summed E-state index contributed by atoms with van der Waals surface area (Å²) in [5.41, 5.74) is 3.55. The fourth-order valence-electron chi connectivity index (χ4n) is 2.78. The number of rotatable bonds is 7. The molecule has 0 N–H and O–H groups in total. The van der Waals surface area contributed by atoms with Gasteiger partial charge in [0.15, 0.2) is 0 Å². The van der Waals surface area contributed by atoms with Crippen LogP contribution >= 0.6 is 23.2 Å². The van der Waals surface area contributed by atoms with E-state index in [4.69, 9.17) is 27.9 Å². The summed E-state index contributed by atoms with van der Waals surface area (Å²) in [6.45, 7) is 4.22. The minimum atomic E-state index is 0.665. The first-order valence-corrected chi connectivity index (χ1v) is 9.36. The van der Waals surface area contributed by atoms with Gasteiger partial charge in [0.05, 0.1) is 6.61 Å². The molecule has 2 nitrogen and oxygen atoms in total. The third kappa shape index (κ3) is 5.17. The Morgan fingerprint density at radius 2 is 1.15 bits per heavy atom. The van der Waals surface area contributed by atoms with Gasteiger partial charge in [-0.3, -0.25) is 0 Å². The van der Waals surface area contributed by atoms with Crippen LogP contribution in [0, 0.1) is 0 Å². The molecule has 0 radical (unpaired) electrons. The molecule has 0 amide bonds. The number of anilines is 1. The van der Waals surface area contributed by atoms with Crippen molar-refractivity contribution in [2.24, 2.45) is 0 Å². The molecule has 0 aliphatic rings. The fourth-order valence-corrected chi connectivity index (χ4v) is 3.03. The number of ether oxygens (including phenoxy) is 1. The maximum absolute atomic E-state index is 6.02. The molecule has 134 valence electrons. The fraction of sp³-hybridized carbons (Fsp3) is 0.182. The topological polar surface area (TPSA) is 12.5 Å². The predicted molar refractivity (Wildman–Crippen MR) is 110 cm³/mol. The monoisotopic (exact) mass is 385 g/mol. The normalized spacial score (nSPS) is 10.6. The summed E-state index contributed by atoms with van der Waals surface area (Å²) >= 11 is 12.0. The first-order valence-electron chi connectivity index (χ1n) is 8.61. The van der Waals surface area contributed by atoms with Gasteiger partial charge in [-0.2, -0.15) is 0 Å². The Labute approximate surface area is 164 Å². The van der Waals surface area contributed by atoms with E-state index in [1.165, 1.54) is 11.1 Å². The number of halogens is 2. The second-order valence-corrected chi connectivity index (χ2v) is 6.91. The van der Waals surface area contributed by atoms with E-state index >= 15 is 0 Å². The summed E-state index contributed by atoms with van der Waals surface area (Å²) in [4.78, 5) is 2.32. The summed E-state index contributed by atoms with van der Waals surface area (Å²) in [5.74, 6) is 0.884. The lowest BCUT2D eigenvalue weighted by molar-refractivity contribution is 0.340. The predicted octanol–water partition coefficient (Wildman–Crippen LogP) is 6.60. The van der Waals surface area contributed by atoms with Crippen molar-refractivity contribution in [1.82, 2.24) is 0 Å². The van der Waals surface area contributed by atoms with Gasteiger partial charge in [0.25, 0.3) is 0 Å². The summed E-state index contributed by atoms with van der Waals surface area (Å²) in [6.07, 6.45) is 0. The molecule has 0 heterocycles. The van der Waals surface area contributed by atoms with Crippen LogP contribution in [0.5, 0.6) is 5.75 Å². The molecule has 0 unspecified atom stereocenters. The van der Waals surface area contributed by atoms with E-state index < -0.39 is 0 Å². The van der Waals surface area contributed by atoms with Crippen LogP contribution in [-0.4, -0.2) is 6.61 Å². The molecule has 26 heavy (non-hydrogen) atoms. The Balaban J connectivity index is 1.84. The van der Waals surface area contributed by atoms with E-state index in [0.717, 1.165) is 34.6 Å². The molecule has 0 atom stereocenters. The zero-order valence-corrected chi connectivity index (χ0v) is 16.2. The molecule has 0 spiro atoms. The van der Waals surface area contributed by atoms with Gasteiger partial charge in [-0.1, -0.05) is 47.5 Å². The largest absolute Gasteiger partial charge is 0.494 e. The van der Waals surface area contributed by atoms with Crippen molar-refractivity contribution >= 4 is 28.9 Å². The van der Waals surface area contributed by atoms with E-state index in [1.54, 1.807) is 0 Å². The molecule has 3 aromatic rings. The Morgan fingerprint density at radius 1 is 0.692 bits per heavy atom. The number of hydrogen-bond donors (Lipinski definition) is 0. The molecule has 0 aromatic heterocycles. The zero-order chi connectivity index (χ0) is 18.4. The van der Waals surface area contributed by atoms with Gasteiger partial charge in [0.2, 0.25) is 0 Å². The zero-order valence-electron chi connectivity index (χ0n) is 14.7. The third-order valence-corrected chi connectivity index (χ3v) is 4.59. The maximum Gasteiger partial charge on any atom is 0.119 e.